The first kappa shape index (κ1) is 18.8. The summed E-state index contributed by atoms with van der Waals surface area (Å²) in [5.74, 6) is 0. The van der Waals surface area contributed by atoms with Gasteiger partial charge in [-0.3, -0.25) is 0 Å². The fourth-order valence-corrected chi connectivity index (χ4v) is 2.90. The molecule has 0 N–H and O–H groups in total. The van der Waals surface area contributed by atoms with Gasteiger partial charge in [-0.1, -0.05) is 29.7 Å². The number of rotatable bonds is 1. The van der Waals surface area contributed by atoms with Gasteiger partial charge in [-0.25, -0.2) is 0 Å². The summed E-state index contributed by atoms with van der Waals surface area (Å²) in [4.78, 5) is 0. The quantitative estimate of drug-likeness (QED) is 0.272. The molecule has 0 spiro atoms. The van der Waals surface area contributed by atoms with Crippen LogP contribution < -0.4 is 0 Å². The first-order valence-corrected chi connectivity index (χ1v) is 7.00. The maximum absolute atomic E-state index is 4.34. The van der Waals surface area contributed by atoms with Crippen LogP contribution in [0.25, 0.3) is 32.7 Å². The predicted octanol–water partition coefficient (Wildman–Crippen LogP) is 5.44. The third kappa shape index (κ3) is 3.47. The van der Waals surface area contributed by atoms with Gasteiger partial charge in [-0.05, 0) is 0 Å². The average molecular weight is 443 g/mol. The van der Waals surface area contributed by atoms with Crippen molar-refractivity contribution in [1.29, 1.82) is 0 Å². The zero-order chi connectivity index (χ0) is 14.2. The van der Waals surface area contributed by atoms with E-state index >= 15 is 0 Å². The minimum Gasteiger partial charge on any atom is -0.192 e. The molecule has 2 radical (unpaired) electrons. The Balaban J connectivity index is 0.000000960. The molecule has 0 aliphatic carbocycles. The van der Waals surface area contributed by atoms with E-state index in [1.54, 1.807) is 0 Å². The Morgan fingerprint density at radius 3 is 2.22 bits per heavy atom. The van der Waals surface area contributed by atoms with E-state index in [9.17, 15) is 0 Å². The molecule has 0 unspecified atom stereocenters. The second kappa shape index (κ2) is 8.04. The van der Waals surface area contributed by atoms with Crippen molar-refractivity contribution < 1.29 is 65.4 Å². The molecule has 0 aliphatic heterocycles. The molecule has 4 aromatic rings. The Hall–Kier alpha value is -0.522. The topological polar surface area (TPSA) is 0 Å². The second-order valence-electron chi connectivity index (χ2n) is 5.17. The summed E-state index contributed by atoms with van der Waals surface area (Å²) in [7, 11) is 0. The Labute approximate surface area is 187 Å². The average Bonchev–Trinajstić information content (AvgIpc) is 2.55. The van der Waals surface area contributed by atoms with E-state index in [-0.39, 0.29) is 65.4 Å². The van der Waals surface area contributed by atoms with E-state index in [2.05, 4.69) is 55.5 Å². The van der Waals surface area contributed by atoms with Gasteiger partial charge in [0.2, 0.25) is 0 Å². The van der Waals surface area contributed by atoms with Crippen LogP contribution in [0.5, 0.6) is 0 Å². The van der Waals surface area contributed by atoms with Crippen molar-refractivity contribution in [3.63, 3.8) is 0 Å². The molecule has 0 amide bonds. The minimum atomic E-state index is 0. The van der Waals surface area contributed by atoms with E-state index in [0.29, 0.717) is 0 Å². The Kier molecular flexibility index (Phi) is 6.57. The molecule has 0 bridgehead atoms. The maximum atomic E-state index is 4.34. The number of fused-ring (bicyclic) bond motifs is 3. The van der Waals surface area contributed by atoms with Crippen LogP contribution in [-0.4, -0.2) is 0 Å². The number of benzene rings is 4. The van der Waals surface area contributed by atoms with Crippen molar-refractivity contribution in [2.75, 3.05) is 0 Å². The SMILES string of the molecule is [CH2-]c1c(-c2[c-]cccc2)ccc2ccc3ccc[c-]c3c12.[Y].[Y]. The molecule has 106 valence electrons. The fourth-order valence-electron chi connectivity index (χ4n) is 2.90. The molecule has 0 heterocycles. The number of hydrogen-bond acceptors (Lipinski definition) is 0. The van der Waals surface area contributed by atoms with Crippen LogP contribution in [0.4, 0.5) is 0 Å². The van der Waals surface area contributed by atoms with Crippen LogP contribution in [-0.2, 0) is 65.4 Å². The van der Waals surface area contributed by atoms with Crippen molar-refractivity contribution in [1.82, 2.24) is 0 Å². The van der Waals surface area contributed by atoms with Gasteiger partial charge in [-0.2, -0.15) is 12.5 Å². The van der Waals surface area contributed by atoms with Crippen molar-refractivity contribution in [3.8, 4) is 11.1 Å². The van der Waals surface area contributed by atoms with Gasteiger partial charge in [0.15, 0.2) is 0 Å². The largest absolute Gasteiger partial charge is 0.192 e. The predicted molar refractivity (Wildman–Crippen MR) is 89.0 cm³/mol. The smallest absolute Gasteiger partial charge is 0 e. The molecule has 0 fully saturated rings. The van der Waals surface area contributed by atoms with Crippen molar-refractivity contribution in [3.05, 3.63) is 91.3 Å². The normalized spacial score (nSPS) is 10.1. The standard InChI is InChI=1S/C21H13.2Y/c1-15-19(16-7-3-2-4-8-16)14-13-18-12-11-17-9-5-6-10-20(17)21(15)18;;/h2-7,9,11-14H,1H2;;/q-3;;. The zero-order valence-corrected chi connectivity index (χ0v) is 18.4. The summed E-state index contributed by atoms with van der Waals surface area (Å²) < 4.78 is 0. The molecule has 0 aliphatic rings. The van der Waals surface area contributed by atoms with Crippen LogP contribution in [0.1, 0.15) is 5.56 Å². The van der Waals surface area contributed by atoms with Crippen LogP contribution >= 0.6 is 0 Å². The van der Waals surface area contributed by atoms with Crippen molar-refractivity contribution in [2.45, 2.75) is 0 Å². The molecule has 4 aromatic carbocycles. The molecular weight excluding hydrogens is 430 g/mol. The van der Waals surface area contributed by atoms with E-state index in [4.69, 9.17) is 0 Å². The zero-order valence-electron chi connectivity index (χ0n) is 12.7. The molecule has 0 saturated heterocycles. The van der Waals surface area contributed by atoms with E-state index < -0.39 is 0 Å². The van der Waals surface area contributed by atoms with Crippen molar-refractivity contribution in [2.24, 2.45) is 0 Å². The van der Waals surface area contributed by atoms with Gasteiger partial charge in [0.05, 0.1) is 0 Å². The molecule has 0 nitrogen and oxygen atoms in total. The van der Waals surface area contributed by atoms with Crippen molar-refractivity contribution >= 4 is 21.5 Å². The number of hydrogen-bond donors (Lipinski definition) is 0. The Morgan fingerprint density at radius 1 is 0.696 bits per heavy atom. The summed E-state index contributed by atoms with van der Waals surface area (Å²) in [6, 6.07) is 29.4. The van der Waals surface area contributed by atoms with E-state index in [1.807, 2.05) is 30.3 Å². The third-order valence-corrected chi connectivity index (χ3v) is 3.93. The molecule has 0 saturated carbocycles. The van der Waals surface area contributed by atoms with E-state index in [1.165, 1.54) is 16.2 Å². The molecule has 0 aromatic heterocycles. The first-order chi connectivity index (χ1) is 10.3. The summed E-state index contributed by atoms with van der Waals surface area (Å²) >= 11 is 0. The van der Waals surface area contributed by atoms with Gasteiger partial charge in [0.1, 0.15) is 0 Å². The second-order valence-corrected chi connectivity index (χ2v) is 5.17. The third-order valence-electron chi connectivity index (χ3n) is 3.93. The minimum absolute atomic E-state index is 0. The van der Waals surface area contributed by atoms with Crippen LogP contribution in [0.15, 0.2) is 66.7 Å². The fraction of sp³-hybridized carbons (Fsp3) is 0. The van der Waals surface area contributed by atoms with Gasteiger partial charge >= 0.3 is 0 Å². The van der Waals surface area contributed by atoms with Gasteiger partial charge in [-0.15, -0.1) is 81.9 Å². The monoisotopic (exact) mass is 443 g/mol. The molecule has 2 heteroatoms. The summed E-state index contributed by atoms with van der Waals surface area (Å²) in [5.41, 5.74) is 3.26. The van der Waals surface area contributed by atoms with Gasteiger partial charge < -0.3 is 0 Å². The maximum Gasteiger partial charge on any atom is 0 e. The first-order valence-electron chi connectivity index (χ1n) is 7.00. The van der Waals surface area contributed by atoms with E-state index in [0.717, 1.165) is 22.1 Å². The molecule has 23 heavy (non-hydrogen) atoms. The summed E-state index contributed by atoms with van der Waals surface area (Å²) in [5, 5.41) is 4.72. The Bertz CT molecular complexity index is 944. The Morgan fingerprint density at radius 2 is 1.43 bits per heavy atom. The van der Waals surface area contributed by atoms with Gasteiger partial charge in [0.25, 0.3) is 0 Å². The molecule has 4 rings (SSSR count). The molecule has 0 atom stereocenters. The van der Waals surface area contributed by atoms with Crippen LogP contribution in [0.2, 0.25) is 0 Å². The molecular formula is C21H13Y2-3. The van der Waals surface area contributed by atoms with Crippen LogP contribution in [0, 0.1) is 19.1 Å². The summed E-state index contributed by atoms with van der Waals surface area (Å²) in [6.07, 6.45) is 0. The van der Waals surface area contributed by atoms with Gasteiger partial charge in [0, 0.05) is 65.4 Å². The van der Waals surface area contributed by atoms with Crippen LogP contribution in [0.3, 0.4) is 0 Å². The summed E-state index contributed by atoms with van der Waals surface area (Å²) in [6.45, 7) is 4.34.